The summed E-state index contributed by atoms with van der Waals surface area (Å²) in [5, 5.41) is 3.21. The number of aromatic nitrogens is 2. The Kier molecular flexibility index (Phi) is 5.95. The molecule has 4 nitrogen and oxygen atoms in total. The molecule has 1 aliphatic heterocycles. The summed E-state index contributed by atoms with van der Waals surface area (Å²) in [5.41, 5.74) is 4.19. The van der Waals surface area contributed by atoms with Crippen LogP contribution >= 0.6 is 0 Å². The van der Waals surface area contributed by atoms with Gasteiger partial charge < -0.3 is 14.8 Å². The summed E-state index contributed by atoms with van der Waals surface area (Å²) in [5.74, 6) is -1.68. The van der Waals surface area contributed by atoms with Crippen LogP contribution in [0.4, 0.5) is 8.78 Å². The second-order valence-corrected chi connectivity index (χ2v) is 7.13. The second kappa shape index (κ2) is 8.21. The largest absolute Gasteiger partial charge is 0.371 e. The molecule has 3 rings (SSSR count). The Balaban J connectivity index is 1.77. The first kappa shape index (κ1) is 19.5. The van der Waals surface area contributed by atoms with Gasteiger partial charge in [-0.15, -0.1) is 0 Å². The number of hydrogen-bond donors (Lipinski definition) is 1. The van der Waals surface area contributed by atoms with Gasteiger partial charge in [0.15, 0.2) is 0 Å². The lowest BCUT2D eigenvalue weighted by atomic mass is 10.0. The van der Waals surface area contributed by atoms with Crippen LogP contribution in [0.15, 0.2) is 37.2 Å². The van der Waals surface area contributed by atoms with E-state index < -0.39 is 5.92 Å². The van der Waals surface area contributed by atoms with E-state index in [4.69, 9.17) is 0 Å². The molecule has 0 spiro atoms. The lowest BCUT2D eigenvalue weighted by Crippen LogP contribution is -2.38. The third kappa shape index (κ3) is 4.38. The van der Waals surface area contributed by atoms with Crippen molar-refractivity contribution in [2.24, 2.45) is 0 Å². The summed E-state index contributed by atoms with van der Waals surface area (Å²) in [4.78, 5) is 6.54. The number of likely N-dealkylation sites (tertiary alicyclic amines) is 1. The van der Waals surface area contributed by atoms with Crippen LogP contribution in [0.5, 0.6) is 0 Å². The Morgan fingerprint density at radius 3 is 2.59 bits per heavy atom. The first-order chi connectivity index (χ1) is 12.9. The highest BCUT2D eigenvalue weighted by Crippen LogP contribution is 2.31. The van der Waals surface area contributed by atoms with Crippen LogP contribution in [-0.2, 0) is 13.0 Å². The summed E-state index contributed by atoms with van der Waals surface area (Å²) < 4.78 is 28.9. The summed E-state index contributed by atoms with van der Waals surface area (Å²) >= 11 is 0. The Morgan fingerprint density at radius 1 is 1.26 bits per heavy atom. The highest BCUT2D eigenvalue weighted by Gasteiger charge is 2.34. The third-order valence-corrected chi connectivity index (χ3v) is 5.14. The van der Waals surface area contributed by atoms with Crippen LogP contribution in [0.2, 0.25) is 0 Å². The second-order valence-electron chi connectivity index (χ2n) is 7.13. The van der Waals surface area contributed by atoms with Crippen molar-refractivity contribution in [2.45, 2.75) is 45.1 Å². The molecular weight excluding hydrogens is 346 g/mol. The predicted octanol–water partition coefficient (Wildman–Crippen LogP) is 4.25. The van der Waals surface area contributed by atoms with Crippen molar-refractivity contribution < 1.29 is 8.78 Å². The first-order valence-corrected chi connectivity index (χ1v) is 9.57. The highest BCUT2D eigenvalue weighted by atomic mass is 19.3. The maximum Gasteiger partial charge on any atom is 0.251 e. The quantitative estimate of drug-likeness (QED) is 0.787. The van der Waals surface area contributed by atoms with E-state index in [2.05, 4.69) is 40.6 Å². The van der Waals surface area contributed by atoms with E-state index in [1.807, 2.05) is 24.1 Å². The maximum atomic E-state index is 13.4. The van der Waals surface area contributed by atoms with Gasteiger partial charge in [-0.1, -0.05) is 19.9 Å². The summed E-state index contributed by atoms with van der Waals surface area (Å²) in [6.07, 6.45) is 5.67. The molecule has 0 amide bonds. The van der Waals surface area contributed by atoms with E-state index >= 15 is 0 Å². The Labute approximate surface area is 159 Å². The number of rotatable bonds is 7. The summed E-state index contributed by atoms with van der Waals surface area (Å²) in [6, 6.07) is 6.08. The van der Waals surface area contributed by atoms with E-state index in [0.717, 1.165) is 36.5 Å². The molecule has 1 N–H and O–H groups in total. The molecule has 3 heterocycles. The van der Waals surface area contributed by atoms with Gasteiger partial charge in [-0.2, -0.15) is 0 Å². The number of nitrogens with zero attached hydrogens (tertiary/aromatic N) is 3. The smallest absolute Gasteiger partial charge is 0.251 e. The van der Waals surface area contributed by atoms with Crippen LogP contribution in [0.25, 0.3) is 11.5 Å². The minimum atomic E-state index is -2.55. The standard InChI is InChI=1S/C21H28F2N4/c1-4-5-19-18(14-24-3)8-11-27(19)20-7-6-17(15-25-20)16(2)26-12-9-21(22,23)10-13-26/h6-8,11,15,24H,2,4-5,9-10,12-14H2,1,3H3. The lowest BCUT2D eigenvalue weighted by Gasteiger charge is -2.34. The minimum absolute atomic E-state index is 0.116. The van der Waals surface area contributed by atoms with E-state index in [1.54, 1.807) is 6.20 Å². The Hall–Kier alpha value is -2.21. The van der Waals surface area contributed by atoms with Gasteiger partial charge in [-0.05, 0) is 37.2 Å². The molecule has 1 aliphatic rings. The molecule has 0 bridgehead atoms. The molecule has 0 unspecified atom stereocenters. The zero-order valence-corrected chi connectivity index (χ0v) is 16.1. The van der Waals surface area contributed by atoms with Crippen molar-refractivity contribution >= 4 is 5.70 Å². The molecular formula is C21H28F2N4. The van der Waals surface area contributed by atoms with Crippen LogP contribution < -0.4 is 5.32 Å². The molecule has 1 saturated heterocycles. The molecule has 2 aromatic heterocycles. The molecule has 0 saturated carbocycles. The number of alkyl halides is 2. The molecule has 0 atom stereocenters. The average Bonchev–Trinajstić information content (AvgIpc) is 3.05. The fraction of sp³-hybridized carbons (Fsp3) is 0.476. The van der Waals surface area contributed by atoms with Crippen molar-refractivity contribution in [3.8, 4) is 5.82 Å². The van der Waals surface area contributed by atoms with Crippen molar-refractivity contribution in [3.63, 3.8) is 0 Å². The van der Waals surface area contributed by atoms with Gasteiger partial charge in [-0.3, -0.25) is 0 Å². The predicted molar refractivity (Wildman–Crippen MR) is 105 cm³/mol. The normalized spacial score (nSPS) is 16.5. The van der Waals surface area contributed by atoms with Gasteiger partial charge in [0.05, 0.1) is 0 Å². The Bertz CT molecular complexity index is 770. The molecule has 0 aliphatic carbocycles. The van der Waals surface area contributed by atoms with Crippen LogP contribution in [-0.4, -0.2) is 40.5 Å². The molecule has 6 heteroatoms. The van der Waals surface area contributed by atoms with Gasteiger partial charge in [0.25, 0.3) is 5.92 Å². The molecule has 27 heavy (non-hydrogen) atoms. The van der Waals surface area contributed by atoms with Gasteiger partial charge in [0.1, 0.15) is 5.82 Å². The third-order valence-electron chi connectivity index (χ3n) is 5.14. The Morgan fingerprint density at radius 2 is 2.00 bits per heavy atom. The van der Waals surface area contributed by atoms with Gasteiger partial charge in [0, 0.05) is 61.8 Å². The van der Waals surface area contributed by atoms with E-state index in [-0.39, 0.29) is 12.8 Å². The summed E-state index contributed by atoms with van der Waals surface area (Å²) in [7, 11) is 1.95. The molecule has 1 fully saturated rings. The number of pyridine rings is 1. The maximum absolute atomic E-state index is 13.4. The average molecular weight is 374 g/mol. The number of nitrogens with one attached hydrogen (secondary N) is 1. The molecule has 146 valence electrons. The first-order valence-electron chi connectivity index (χ1n) is 9.57. The molecule has 0 radical (unpaired) electrons. The van der Waals surface area contributed by atoms with Crippen molar-refractivity contribution in [1.82, 2.24) is 19.8 Å². The lowest BCUT2D eigenvalue weighted by molar-refractivity contribution is -0.0450. The number of halogens is 2. The van der Waals surface area contributed by atoms with Crippen molar-refractivity contribution in [3.05, 3.63) is 54.0 Å². The number of hydrogen-bond acceptors (Lipinski definition) is 3. The molecule has 2 aromatic rings. The van der Waals surface area contributed by atoms with Crippen LogP contribution in [0, 0.1) is 0 Å². The van der Waals surface area contributed by atoms with Gasteiger partial charge in [-0.25, -0.2) is 13.8 Å². The SMILES string of the molecule is C=C(c1ccc(-n2ccc(CNC)c2CCC)nc1)N1CCC(F)(F)CC1. The monoisotopic (exact) mass is 374 g/mol. The van der Waals surface area contributed by atoms with Gasteiger partial charge in [0.2, 0.25) is 0 Å². The minimum Gasteiger partial charge on any atom is -0.371 e. The van der Waals surface area contributed by atoms with Crippen molar-refractivity contribution in [2.75, 3.05) is 20.1 Å². The van der Waals surface area contributed by atoms with E-state index in [9.17, 15) is 8.78 Å². The van der Waals surface area contributed by atoms with Crippen molar-refractivity contribution in [1.29, 1.82) is 0 Å². The summed E-state index contributed by atoms with van der Waals surface area (Å²) in [6.45, 7) is 7.77. The zero-order chi connectivity index (χ0) is 19.4. The topological polar surface area (TPSA) is 33.1 Å². The van der Waals surface area contributed by atoms with Crippen LogP contribution in [0.3, 0.4) is 0 Å². The van der Waals surface area contributed by atoms with E-state index in [0.29, 0.717) is 13.1 Å². The zero-order valence-electron chi connectivity index (χ0n) is 16.1. The van der Waals surface area contributed by atoms with Gasteiger partial charge >= 0.3 is 0 Å². The fourth-order valence-corrected chi connectivity index (χ4v) is 3.57. The molecule has 0 aromatic carbocycles. The highest BCUT2D eigenvalue weighted by molar-refractivity contribution is 5.61. The fourth-order valence-electron chi connectivity index (χ4n) is 3.57. The number of piperidine rings is 1. The van der Waals surface area contributed by atoms with Crippen LogP contribution in [0.1, 0.15) is 43.0 Å². The van der Waals surface area contributed by atoms with E-state index in [1.165, 1.54) is 11.3 Å².